The summed E-state index contributed by atoms with van der Waals surface area (Å²) < 4.78 is 28.0. The molecule has 1 aromatic rings. The molecule has 2 N–H and O–H groups in total. The summed E-state index contributed by atoms with van der Waals surface area (Å²) in [6.45, 7) is 5.85. The molecule has 0 aromatic heterocycles. The van der Waals surface area contributed by atoms with E-state index in [9.17, 15) is 13.2 Å². The van der Waals surface area contributed by atoms with Gasteiger partial charge in [0.05, 0.1) is 4.90 Å². The zero-order valence-electron chi connectivity index (χ0n) is 15.0. The molecule has 1 aromatic carbocycles. The first-order valence-electron chi connectivity index (χ1n) is 8.43. The fourth-order valence-electron chi connectivity index (χ4n) is 2.79. The maximum Gasteiger partial charge on any atom is 0.241 e. The van der Waals surface area contributed by atoms with E-state index in [-0.39, 0.29) is 16.8 Å². The topological polar surface area (TPSA) is 78.5 Å². The number of aryl methyl sites for hydroxylation is 1. The molecule has 1 saturated heterocycles. The van der Waals surface area contributed by atoms with Crippen LogP contribution in [-0.2, 0) is 14.8 Å². The van der Waals surface area contributed by atoms with Gasteiger partial charge in [0, 0.05) is 25.7 Å². The molecule has 2 rings (SSSR count). The van der Waals surface area contributed by atoms with Crippen molar-refractivity contribution >= 4 is 27.7 Å². The summed E-state index contributed by atoms with van der Waals surface area (Å²) >= 11 is 1.60. The molecule has 6 nitrogen and oxygen atoms in total. The van der Waals surface area contributed by atoms with Crippen LogP contribution in [0.25, 0.3) is 0 Å². The highest BCUT2D eigenvalue weighted by Crippen LogP contribution is 2.14. The van der Waals surface area contributed by atoms with Crippen molar-refractivity contribution in [2.45, 2.75) is 37.2 Å². The van der Waals surface area contributed by atoms with Gasteiger partial charge in [-0.1, -0.05) is 17.7 Å². The third-order valence-electron chi connectivity index (χ3n) is 4.22. The molecule has 1 aliphatic rings. The van der Waals surface area contributed by atoms with Gasteiger partial charge in [-0.3, -0.25) is 4.79 Å². The molecule has 1 amide bonds. The normalized spacial score (nSPS) is 19.6. The number of nitrogens with one attached hydrogen (secondary N) is 2. The van der Waals surface area contributed by atoms with Gasteiger partial charge >= 0.3 is 0 Å². The van der Waals surface area contributed by atoms with Crippen LogP contribution in [-0.4, -0.2) is 63.0 Å². The molecule has 0 aliphatic carbocycles. The predicted molar refractivity (Wildman–Crippen MR) is 102 cm³/mol. The molecule has 0 radical (unpaired) electrons. The zero-order valence-corrected chi connectivity index (χ0v) is 16.6. The van der Waals surface area contributed by atoms with Crippen molar-refractivity contribution in [3.63, 3.8) is 0 Å². The van der Waals surface area contributed by atoms with E-state index in [0.29, 0.717) is 25.3 Å². The number of hydrogen-bond donors (Lipinski definition) is 2. The molecular formula is C17H27N3O3S2. The van der Waals surface area contributed by atoms with Crippen LogP contribution in [0, 0.1) is 6.92 Å². The van der Waals surface area contributed by atoms with Gasteiger partial charge in [0.25, 0.3) is 0 Å². The number of rotatable bonds is 7. The summed E-state index contributed by atoms with van der Waals surface area (Å²) in [4.78, 5) is 14.8. The number of hydrogen-bond acceptors (Lipinski definition) is 5. The second-order valence-electron chi connectivity index (χ2n) is 6.41. The molecule has 0 bridgehead atoms. The number of carbonyl (C=O) groups is 1. The maximum absolute atomic E-state index is 12.9. The average molecular weight is 386 g/mol. The smallest absolute Gasteiger partial charge is 0.241 e. The van der Waals surface area contributed by atoms with Crippen molar-refractivity contribution in [1.29, 1.82) is 0 Å². The van der Waals surface area contributed by atoms with Gasteiger partial charge in [-0.25, -0.2) is 8.42 Å². The van der Waals surface area contributed by atoms with Crippen molar-refractivity contribution in [1.82, 2.24) is 14.9 Å². The monoisotopic (exact) mass is 385 g/mol. The number of amides is 1. The summed E-state index contributed by atoms with van der Waals surface area (Å²) in [5.74, 6) is 0.576. The third-order valence-corrected chi connectivity index (χ3v) is 6.35. The summed E-state index contributed by atoms with van der Waals surface area (Å²) in [6, 6.07) is 6.13. The van der Waals surface area contributed by atoms with Gasteiger partial charge in [-0.15, -0.1) is 0 Å². The predicted octanol–water partition coefficient (Wildman–Crippen LogP) is 1.22. The maximum atomic E-state index is 12.9. The first-order chi connectivity index (χ1) is 11.8. The lowest BCUT2D eigenvalue weighted by Crippen LogP contribution is -2.56. The Hall–Kier alpha value is -1.09. The number of thioether (sulfide) groups is 1. The minimum absolute atomic E-state index is 0.141. The Morgan fingerprint density at radius 1 is 1.40 bits per heavy atom. The summed E-state index contributed by atoms with van der Waals surface area (Å²) in [6.07, 6.45) is 2.42. The van der Waals surface area contributed by atoms with Crippen LogP contribution >= 0.6 is 11.8 Å². The largest absolute Gasteiger partial charge is 0.338 e. The molecule has 2 atom stereocenters. The van der Waals surface area contributed by atoms with Crippen LogP contribution in [0.1, 0.15) is 18.9 Å². The van der Waals surface area contributed by atoms with Crippen LogP contribution in [0.4, 0.5) is 0 Å². The van der Waals surface area contributed by atoms with E-state index in [0.717, 1.165) is 12.1 Å². The van der Waals surface area contributed by atoms with Gasteiger partial charge in [0.2, 0.25) is 15.9 Å². The van der Waals surface area contributed by atoms with Crippen LogP contribution in [0.5, 0.6) is 0 Å². The Balaban J connectivity index is 2.15. The van der Waals surface area contributed by atoms with E-state index < -0.39 is 16.1 Å². The fraction of sp³-hybridized carbons (Fsp3) is 0.588. The lowest BCUT2D eigenvalue weighted by Gasteiger charge is -2.34. The number of piperazine rings is 1. The Morgan fingerprint density at radius 3 is 2.68 bits per heavy atom. The molecular weight excluding hydrogens is 358 g/mol. The number of sulfonamides is 1. The second kappa shape index (κ2) is 9.02. The van der Waals surface area contributed by atoms with E-state index in [1.165, 1.54) is 0 Å². The molecule has 8 heteroatoms. The standard InChI is InChI=1S/C17H27N3O3S2/c1-13-4-6-15(7-5-13)25(22,23)19-16(8-11-24-3)17(21)20-10-9-18-14(2)12-20/h4-7,14,16,18-19H,8-12H2,1-3H3. The van der Waals surface area contributed by atoms with Gasteiger partial charge in [-0.05, 0) is 44.4 Å². The minimum Gasteiger partial charge on any atom is -0.338 e. The van der Waals surface area contributed by atoms with Crippen molar-refractivity contribution < 1.29 is 13.2 Å². The van der Waals surface area contributed by atoms with E-state index in [4.69, 9.17) is 0 Å². The van der Waals surface area contributed by atoms with Crippen molar-refractivity contribution in [2.24, 2.45) is 0 Å². The van der Waals surface area contributed by atoms with E-state index in [1.807, 2.05) is 20.1 Å². The Kier molecular flexibility index (Phi) is 7.30. The Labute approximate surface area is 154 Å². The number of nitrogens with zero attached hydrogens (tertiary/aromatic N) is 1. The lowest BCUT2D eigenvalue weighted by atomic mass is 10.1. The van der Waals surface area contributed by atoms with Gasteiger partial charge < -0.3 is 10.2 Å². The zero-order chi connectivity index (χ0) is 18.4. The Bertz CT molecular complexity index is 677. The summed E-state index contributed by atoms with van der Waals surface area (Å²) in [5.41, 5.74) is 0.990. The first kappa shape index (κ1) is 20.2. The third kappa shape index (κ3) is 5.70. The Morgan fingerprint density at radius 2 is 2.08 bits per heavy atom. The average Bonchev–Trinajstić information content (AvgIpc) is 2.58. The van der Waals surface area contributed by atoms with Gasteiger partial charge in [0.1, 0.15) is 6.04 Å². The highest BCUT2D eigenvalue weighted by Gasteiger charge is 2.30. The highest BCUT2D eigenvalue weighted by molar-refractivity contribution is 7.98. The molecule has 0 spiro atoms. The molecule has 140 valence electrons. The summed E-state index contributed by atoms with van der Waals surface area (Å²) in [5, 5.41) is 3.29. The molecule has 1 aliphatic heterocycles. The van der Waals surface area contributed by atoms with E-state index in [2.05, 4.69) is 10.0 Å². The number of benzene rings is 1. The molecule has 2 unspecified atom stereocenters. The van der Waals surface area contributed by atoms with Crippen molar-refractivity contribution in [2.75, 3.05) is 31.6 Å². The van der Waals surface area contributed by atoms with Crippen LogP contribution in [0.2, 0.25) is 0 Å². The highest BCUT2D eigenvalue weighted by atomic mass is 32.2. The van der Waals surface area contributed by atoms with Crippen LogP contribution < -0.4 is 10.0 Å². The fourth-order valence-corrected chi connectivity index (χ4v) is 4.49. The van der Waals surface area contributed by atoms with Crippen LogP contribution in [0.3, 0.4) is 0 Å². The second-order valence-corrected chi connectivity index (χ2v) is 9.11. The van der Waals surface area contributed by atoms with Crippen molar-refractivity contribution in [3.8, 4) is 0 Å². The first-order valence-corrected chi connectivity index (χ1v) is 11.3. The van der Waals surface area contributed by atoms with E-state index >= 15 is 0 Å². The van der Waals surface area contributed by atoms with Gasteiger partial charge in [0.15, 0.2) is 0 Å². The minimum atomic E-state index is -3.73. The number of carbonyl (C=O) groups excluding carboxylic acids is 1. The van der Waals surface area contributed by atoms with Crippen LogP contribution in [0.15, 0.2) is 29.2 Å². The quantitative estimate of drug-likeness (QED) is 0.738. The SMILES string of the molecule is CSCCC(NS(=O)(=O)c1ccc(C)cc1)C(=O)N1CCNC(C)C1. The summed E-state index contributed by atoms with van der Waals surface area (Å²) in [7, 11) is -3.73. The van der Waals surface area contributed by atoms with Gasteiger partial charge in [-0.2, -0.15) is 16.5 Å². The van der Waals surface area contributed by atoms with Crippen molar-refractivity contribution in [3.05, 3.63) is 29.8 Å². The molecule has 1 heterocycles. The molecule has 1 fully saturated rings. The lowest BCUT2D eigenvalue weighted by molar-refractivity contribution is -0.134. The van der Waals surface area contributed by atoms with E-state index in [1.54, 1.807) is 40.9 Å². The molecule has 0 saturated carbocycles. The molecule has 25 heavy (non-hydrogen) atoms.